The average Bonchev–Trinajstić information content (AvgIpc) is 2.48. The minimum absolute atomic E-state index is 0.0907. The smallest absolute Gasteiger partial charge is 0.405 e. The third kappa shape index (κ3) is 9.17. The van der Waals surface area contributed by atoms with Crippen molar-refractivity contribution in [1.82, 2.24) is 16.0 Å². The molecule has 0 spiro atoms. The van der Waals surface area contributed by atoms with E-state index < -0.39 is 37.0 Å². The van der Waals surface area contributed by atoms with Crippen LogP contribution in [0.1, 0.15) is 0 Å². The lowest BCUT2D eigenvalue weighted by Crippen LogP contribution is -2.44. The van der Waals surface area contributed by atoms with Crippen LogP contribution in [0, 0.1) is 5.82 Å². The van der Waals surface area contributed by atoms with E-state index in [4.69, 9.17) is 4.74 Å². The molecule has 0 bridgehead atoms. The molecular formula is C13H15F4N3O3. The highest BCUT2D eigenvalue weighted by Crippen LogP contribution is 2.12. The summed E-state index contributed by atoms with van der Waals surface area (Å²) in [5.74, 6) is -0.946. The fourth-order valence-corrected chi connectivity index (χ4v) is 1.35. The van der Waals surface area contributed by atoms with Crippen molar-refractivity contribution in [2.24, 2.45) is 0 Å². The number of nitrogens with one attached hydrogen (secondary N) is 3. The number of benzene rings is 1. The number of hydrogen-bond donors (Lipinski definition) is 3. The van der Waals surface area contributed by atoms with Crippen LogP contribution in [0.3, 0.4) is 0 Å². The quantitative estimate of drug-likeness (QED) is 0.516. The summed E-state index contributed by atoms with van der Waals surface area (Å²) in [6, 6.07) is 4.54. The van der Waals surface area contributed by atoms with Crippen LogP contribution in [-0.2, 0) is 4.79 Å². The van der Waals surface area contributed by atoms with Gasteiger partial charge in [-0.25, -0.2) is 9.18 Å². The van der Waals surface area contributed by atoms with Gasteiger partial charge in [-0.1, -0.05) is 0 Å². The second-order valence-electron chi connectivity index (χ2n) is 4.30. The van der Waals surface area contributed by atoms with Gasteiger partial charge in [-0.3, -0.25) is 4.79 Å². The predicted molar refractivity (Wildman–Crippen MR) is 72.4 cm³/mol. The average molecular weight is 337 g/mol. The Kier molecular flexibility index (Phi) is 7.10. The summed E-state index contributed by atoms with van der Waals surface area (Å²) in [5, 5.41) is 6.04. The normalized spacial score (nSPS) is 10.8. The van der Waals surface area contributed by atoms with Crippen LogP contribution in [0.15, 0.2) is 24.3 Å². The molecule has 0 fully saturated rings. The van der Waals surface area contributed by atoms with E-state index in [9.17, 15) is 27.2 Å². The van der Waals surface area contributed by atoms with Crippen LogP contribution in [0.2, 0.25) is 0 Å². The summed E-state index contributed by atoms with van der Waals surface area (Å²) in [5.41, 5.74) is 0. The van der Waals surface area contributed by atoms with Crippen molar-refractivity contribution >= 4 is 11.9 Å². The Labute approximate surface area is 129 Å². The summed E-state index contributed by atoms with van der Waals surface area (Å²) in [4.78, 5) is 22.3. The lowest BCUT2D eigenvalue weighted by molar-refractivity contribution is -0.137. The lowest BCUT2D eigenvalue weighted by Gasteiger charge is -2.10. The highest BCUT2D eigenvalue weighted by molar-refractivity contribution is 5.83. The van der Waals surface area contributed by atoms with Crippen molar-refractivity contribution < 1.29 is 31.9 Å². The number of halogens is 4. The zero-order valence-electron chi connectivity index (χ0n) is 11.9. The van der Waals surface area contributed by atoms with Crippen molar-refractivity contribution in [3.05, 3.63) is 30.1 Å². The Morgan fingerprint density at radius 2 is 1.70 bits per heavy atom. The number of amides is 3. The van der Waals surface area contributed by atoms with Gasteiger partial charge in [-0.2, -0.15) is 13.2 Å². The Balaban J connectivity index is 2.10. The molecule has 0 saturated carbocycles. The van der Waals surface area contributed by atoms with Gasteiger partial charge >= 0.3 is 12.2 Å². The molecule has 1 aromatic rings. The highest BCUT2D eigenvalue weighted by atomic mass is 19.4. The van der Waals surface area contributed by atoms with Gasteiger partial charge in [0.25, 0.3) is 0 Å². The van der Waals surface area contributed by atoms with E-state index >= 15 is 0 Å². The predicted octanol–water partition coefficient (Wildman–Crippen LogP) is 1.18. The lowest BCUT2D eigenvalue weighted by atomic mass is 10.3. The number of carbonyl (C=O) groups excluding carboxylic acids is 2. The van der Waals surface area contributed by atoms with E-state index in [-0.39, 0.29) is 13.2 Å². The molecule has 1 rings (SSSR count). The van der Waals surface area contributed by atoms with Gasteiger partial charge in [-0.15, -0.1) is 0 Å². The highest BCUT2D eigenvalue weighted by Gasteiger charge is 2.27. The van der Waals surface area contributed by atoms with Crippen LogP contribution >= 0.6 is 0 Å². The van der Waals surface area contributed by atoms with Crippen molar-refractivity contribution in [3.8, 4) is 5.75 Å². The van der Waals surface area contributed by atoms with Crippen LogP contribution in [0.25, 0.3) is 0 Å². The van der Waals surface area contributed by atoms with E-state index in [2.05, 4.69) is 10.6 Å². The molecule has 0 radical (unpaired) electrons. The molecule has 3 amide bonds. The van der Waals surface area contributed by atoms with Gasteiger partial charge in [0.1, 0.15) is 24.7 Å². The first-order chi connectivity index (χ1) is 10.8. The second-order valence-corrected chi connectivity index (χ2v) is 4.30. The van der Waals surface area contributed by atoms with Crippen LogP contribution < -0.4 is 20.7 Å². The van der Waals surface area contributed by atoms with Crippen LogP contribution in [0.5, 0.6) is 5.75 Å². The molecule has 10 heteroatoms. The first-order valence-electron chi connectivity index (χ1n) is 6.50. The summed E-state index contributed by atoms with van der Waals surface area (Å²) < 4.78 is 53.3. The number of urea groups is 1. The molecule has 6 nitrogen and oxygen atoms in total. The largest absolute Gasteiger partial charge is 0.492 e. The van der Waals surface area contributed by atoms with Gasteiger partial charge in [0.15, 0.2) is 0 Å². The molecule has 0 atom stereocenters. The number of rotatable bonds is 7. The topological polar surface area (TPSA) is 79.5 Å². The SMILES string of the molecule is O=C(CNC(=O)NCCOc1ccc(F)cc1)NCC(F)(F)F. The Morgan fingerprint density at radius 1 is 1.04 bits per heavy atom. The Bertz CT molecular complexity index is 520. The molecule has 0 aliphatic carbocycles. The van der Waals surface area contributed by atoms with E-state index in [1.807, 2.05) is 0 Å². The number of carbonyl (C=O) groups is 2. The van der Waals surface area contributed by atoms with Gasteiger partial charge in [0.2, 0.25) is 5.91 Å². The standard InChI is InChI=1S/C13H15F4N3O3/c14-9-1-3-10(4-2-9)23-6-5-18-12(22)19-7-11(21)20-8-13(15,16)17/h1-4H,5-8H2,(H,20,21)(H2,18,19,22). The molecule has 0 aliphatic heterocycles. The Hall–Kier alpha value is -2.52. The number of ether oxygens (including phenoxy) is 1. The number of alkyl halides is 3. The van der Waals surface area contributed by atoms with Gasteiger partial charge in [0.05, 0.1) is 13.1 Å². The number of hydrogen-bond acceptors (Lipinski definition) is 3. The second kappa shape index (κ2) is 8.81. The maximum atomic E-state index is 12.6. The molecule has 0 aromatic heterocycles. The molecule has 0 unspecified atom stereocenters. The maximum absolute atomic E-state index is 12.6. The molecule has 128 valence electrons. The van der Waals surface area contributed by atoms with Crippen molar-refractivity contribution in [3.63, 3.8) is 0 Å². The first kappa shape index (κ1) is 18.5. The summed E-state index contributed by atoms with van der Waals surface area (Å²) in [6.07, 6.45) is -4.50. The van der Waals surface area contributed by atoms with Gasteiger partial charge < -0.3 is 20.7 Å². The summed E-state index contributed by atoms with van der Waals surface area (Å²) in [6.45, 7) is -1.85. The first-order valence-corrected chi connectivity index (χ1v) is 6.50. The molecule has 0 heterocycles. The zero-order chi connectivity index (χ0) is 17.3. The third-order valence-electron chi connectivity index (χ3n) is 2.37. The zero-order valence-corrected chi connectivity index (χ0v) is 11.9. The minimum atomic E-state index is -4.50. The minimum Gasteiger partial charge on any atom is -0.492 e. The van der Waals surface area contributed by atoms with Crippen LogP contribution in [-0.4, -0.2) is 44.4 Å². The summed E-state index contributed by atoms with van der Waals surface area (Å²) >= 11 is 0. The van der Waals surface area contributed by atoms with Gasteiger partial charge in [-0.05, 0) is 24.3 Å². The van der Waals surface area contributed by atoms with Crippen molar-refractivity contribution in [1.29, 1.82) is 0 Å². The van der Waals surface area contributed by atoms with Crippen molar-refractivity contribution in [2.75, 3.05) is 26.2 Å². The van der Waals surface area contributed by atoms with Crippen molar-refractivity contribution in [2.45, 2.75) is 6.18 Å². The molecule has 0 aliphatic rings. The Morgan fingerprint density at radius 3 is 2.30 bits per heavy atom. The monoisotopic (exact) mass is 337 g/mol. The maximum Gasteiger partial charge on any atom is 0.405 e. The molecule has 0 saturated heterocycles. The summed E-state index contributed by atoms with van der Waals surface area (Å²) in [7, 11) is 0. The van der Waals surface area contributed by atoms with Crippen LogP contribution in [0.4, 0.5) is 22.4 Å². The van der Waals surface area contributed by atoms with E-state index in [0.717, 1.165) is 0 Å². The molecule has 23 heavy (non-hydrogen) atoms. The molecular weight excluding hydrogens is 322 g/mol. The van der Waals surface area contributed by atoms with E-state index in [1.165, 1.54) is 24.3 Å². The third-order valence-corrected chi connectivity index (χ3v) is 2.37. The fraction of sp³-hybridized carbons (Fsp3) is 0.385. The molecule has 3 N–H and O–H groups in total. The van der Waals surface area contributed by atoms with Gasteiger partial charge in [0, 0.05) is 0 Å². The van der Waals surface area contributed by atoms with E-state index in [0.29, 0.717) is 5.75 Å². The molecule has 1 aromatic carbocycles. The van der Waals surface area contributed by atoms with E-state index in [1.54, 1.807) is 5.32 Å². The fourth-order valence-electron chi connectivity index (χ4n) is 1.35.